The van der Waals surface area contributed by atoms with Gasteiger partial charge in [0.2, 0.25) is 5.91 Å². The minimum atomic E-state index is -0.572. The van der Waals surface area contributed by atoms with Gasteiger partial charge in [0, 0.05) is 6.54 Å². The fraction of sp³-hybridized carbons (Fsp3) is 0.176. The number of nitrogens with two attached hydrogens (primary N) is 2. The van der Waals surface area contributed by atoms with Crippen molar-refractivity contribution in [1.29, 1.82) is 0 Å². The van der Waals surface area contributed by atoms with Crippen LogP contribution in [0.15, 0.2) is 59.6 Å². The zero-order valence-corrected chi connectivity index (χ0v) is 13.9. The van der Waals surface area contributed by atoms with Crippen LogP contribution in [-0.2, 0) is 11.3 Å². The smallest absolute Gasteiger partial charge is 0.230 e. The average Bonchev–Trinajstić information content (AvgIpc) is 2.55. The highest BCUT2D eigenvalue weighted by molar-refractivity contribution is 5.85. The number of nitrogens with one attached hydrogen (secondary N) is 1. The number of aliphatic imine (C=N–C) groups is 1. The van der Waals surface area contributed by atoms with Gasteiger partial charge in [0.1, 0.15) is 0 Å². The lowest BCUT2D eigenvalue weighted by Gasteiger charge is -2.14. The molecule has 1 unspecified atom stereocenters. The predicted molar refractivity (Wildman–Crippen MR) is 97.3 cm³/mol. The monoisotopic (exact) mass is 348 g/mol. The van der Waals surface area contributed by atoms with E-state index in [1.54, 1.807) is 12.1 Å². The quantitative estimate of drug-likeness (QED) is 0.466. The fourth-order valence-corrected chi connectivity index (χ4v) is 2.17. The maximum atomic E-state index is 12.2. The average molecular weight is 349 g/mol. The molecule has 0 saturated carbocycles. The molecule has 0 heterocycles. The van der Waals surface area contributed by atoms with Gasteiger partial charge in [-0.2, -0.15) is 0 Å². The number of hydrogen-bond acceptors (Lipinski definition) is 3. The van der Waals surface area contributed by atoms with Crippen LogP contribution in [0.25, 0.3) is 0 Å². The van der Waals surface area contributed by atoms with Crippen LogP contribution in [0.2, 0.25) is 0 Å². The molecule has 6 nitrogen and oxygen atoms in total. The van der Waals surface area contributed by atoms with E-state index in [-0.39, 0.29) is 30.9 Å². The molecule has 0 bridgehead atoms. The lowest BCUT2D eigenvalue weighted by Crippen LogP contribution is -2.30. The van der Waals surface area contributed by atoms with Gasteiger partial charge < -0.3 is 21.9 Å². The number of aliphatic hydroxyl groups excluding tert-OH is 1. The Balaban J connectivity index is 0.00000288. The molecule has 7 heteroatoms. The number of nitrogens with zero attached hydrogens (tertiary/aromatic N) is 1. The summed E-state index contributed by atoms with van der Waals surface area (Å²) < 4.78 is 0. The van der Waals surface area contributed by atoms with E-state index >= 15 is 0 Å². The fourth-order valence-electron chi connectivity index (χ4n) is 2.17. The highest BCUT2D eigenvalue weighted by Crippen LogP contribution is 2.16. The second kappa shape index (κ2) is 9.54. The number of carbonyl (C=O) groups is 1. The van der Waals surface area contributed by atoms with Crippen molar-refractivity contribution < 1.29 is 9.90 Å². The first-order chi connectivity index (χ1) is 11.1. The Labute approximate surface area is 147 Å². The van der Waals surface area contributed by atoms with Crippen molar-refractivity contribution in [2.75, 3.05) is 6.61 Å². The summed E-state index contributed by atoms with van der Waals surface area (Å²) in [5.74, 6) is -0.788. The van der Waals surface area contributed by atoms with E-state index in [2.05, 4.69) is 10.3 Å². The molecule has 2 aromatic carbocycles. The molecule has 0 aromatic heterocycles. The summed E-state index contributed by atoms with van der Waals surface area (Å²) in [4.78, 5) is 16.2. The molecule has 1 atom stereocenters. The minimum Gasteiger partial charge on any atom is -0.395 e. The Hall–Kier alpha value is -2.57. The number of amides is 1. The Morgan fingerprint density at radius 2 is 1.71 bits per heavy atom. The topological polar surface area (TPSA) is 114 Å². The number of rotatable bonds is 6. The van der Waals surface area contributed by atoms with Crippen molar-refractivity contribution in [3.8, 4) is 0 Å². The molecule has 128 valence electrons. The Kier molecular flexibility index (Phi) is 7.74. The van der Waals surface area contributed by atoms with E-state index in [0.29, 0.717) is 12.2 Å². The van der Waals surface area contributed by atoms with Gasteiger partial charge in [-0.15, -0.1) is 12.4 Å². The maximum Gasteiger partial charge on any atom is 0.230 e. The van der Waals surface area contributed by atoms with Crippen molar-refractivity contribution in [3.63, 3.8) is 0 Å². The Bertz CT molecular complexity index is 671. The molecule has 6 N–H and O–H groups in total. The summed E-state index contributed by atoms with van der Waals surface area (Å²) in [5, 5.41) is 12.3. The summed E-state index contributed by atoms with van der Waals surface area (Å²) in [6.45, 7) is 0.129. The molecule has 0 radical (unpaired) electrons. The normalized spacial score (nSPS) is 11.0. The number of aliphatic hydroxyl groups is 1. The molecular weight excluding hydrogens is 328 g/mol. The van der Waals surface area contributed by atoms with Crippen LogP contribution in [0.3, 0.4) is 0 Å². The third-order valence-corrected chi connectivity index (χ3v) is 3.36. The number of guanidine groups is 1. The third-order valence-electron chi connectivity index (χ3n) is 3.36. The molecule has 24 heavy (non-hydrogen) atoms. The lowest BCUT2D eigenvalue weighted by molar-refractivity contribution is -0.123. The summed E-state index contributed by atoms with van der Waals surface area (Å²) >= 11 is 0. The SMILES string of the molecule is Cl.NC(N)=Nc1ccc(CNC(=O)C(CO)c2ccccc2)cc1. The van der Waals surface area contributed by atoms with E-state index in [9.17, 15) is 9.90 Å². The standard InChI is InChI=1S/C17H20N4O2.ClH/c18-17(19)21-14-8-6-12(7-9-14)10-20-16(23)15(11-22)13-4-2-1-3-5-13;/h1-9,15,22H,10-11H2,(H,20,23)(H4,18,19,21);1H. The maximum absolute atomic E-state index is 12.2. The largest absolute Gasteiger partial charge is 0.395 e. The Morgan fingerprint density at radius 1 is 1.08 bits per heavy atom. The molecule has 0 aliphatic carbocycles. The zero-order valence-electron chi connectivity index (χ0n) is 13.1. The zero-order chi connectivity index (χ0) is 16.7. The number of carbonyl (C=O) groups excluding carboxylic acids is 1. The van der Waals surface area contributed by atoms with Crippen LogP contribution >= 0.6 is 12.4 Å². The van der Waals surface area contributed by atoms with Crippen LogP contribution in [-0.4, -0.2) is 23.6 Å². The second-order valence-corrected chi connectivity index (χ2v) is 5.07. The molecule has 0 spiro atoms. The highest BCUT2D eigenvalue weighted by Gasteiger charge is 2.18. The van der Waals surface area contributed by atoms with Crippen LogP contribution < -0.4 is 16.8 Å². The van der Waals surface area contributed by atoms with Gasteiger partial charge in [0.15, 0.2) is 5.96 Å². The van der Waals surface area contributed by atoms with E-state index in [0.717, 1.165) is 11.1 Å². The van der Waals surface area contributed by atoms with E-state index in [1.807, 2.05) is 42.5 Å². The minimum absolute atomic E-state index is 0. The summed E-state index contributed by atoms with van der Waals surface area (Å²) in [6, 6.07) is 16.4. The van der Waals surface area contributed by atoms with Gasteiger partial charge in [-0.05, 0) is 23.3 Å². The van der Waals surface area contributed by atoms with Crippen LogP contribution in [0.4, 0.5) is 5.69 Å². The van der Waals surface area contributed by atoms with Gasteiger partial charge >= 0.3 is 0 Å². The van der Waals surface area contributed by atoms with Crippen LogP contribution in [0, 0.1) is 0 Å². The first-order valence-electron chi connectivity index (χ1n) is 7.22. The van der Waals surface area contributed by atoms with Crippen molar-refractivity contribution in [2.24, 2.45) is 16.5 Å². The van der Waals surface area contributed by atoms with Gasteiger partial charge in [-0.25, -0.2) is 4.99 Å². The molecule has 0 aliphatic rings. The number of benzene rings is 2. The predicted octanol–water partition coefficient (Wildman–Crippen LogP) is 1.41. The number of hydrogen-bond donors (Lipinski definition) is 4. The Morgan fingerprint density at radius 3 is 2.25 bits per heavy atom. The van der Waals surface area contributed by atoms with Crippen molar-refractivity contribution in [1.82, 2.24) is 5.32 Å². The van der Waals surface area contributed by atoms with Gasteiger partial charge in [-0.3, -0.25) is 4.79 Å². The highest BCUT2D eigenvalue weighted by atomic mass is 35.5. The van der Waals surface area contributed by atoms with E-state index in [4.69, 9.17) is 11.5 Å². The summed E-state index contributed by atoms with van der Waals surface area (Å²) in [6.07, 6.45) is 0. The molecule has 0 saturated heterocycles. The molecule has 0 aliphatic heterocycles. The first-order valence-corrected chi connectivity index (χ1v) is 7.22. The first kappa shape index (κ1) is 19.5. The van der Waals surface area contributed by atoms with Crippen molar-refractivity contribution >= 4 is 30.0 Å². The van der Waals surface area contributed by atoms with E-state index < -0.39 is 5.92 Å². The van der Waals surface area contributed by atoms with Gasteiger partial charge in [0.05, 0.1) is 18.2 Å². The molecule has 2 aromatic rings. The van der Waals surface area contributed by atoms with Crippen molar-refractivity contribution in [2.45, 2.75) is 12.5 Å². The molecule has 0 fully saturated rings. The van der Waals surface area contributed by atoms with Gasteiger partial charge in [0.25, 0.3) is 0 Å². The van der Waals surface area contributed by atoms with Crippen molar-refractivity contribution in [3.05, 3.63) is 65.7 Å². The molecular formula is C17H21ClN4O2. The number of halogens is 1. The third kappa shape index (κ3) is 5.57. The molecule has 1 amide bonds. The van der Waals surface area contributed by atoms with E-state index in [1.165, 1.54) is 0 Å². The van der Waals surface area contributed by atoms with Crippen LogP contribution in [0.5, 0.6) is 0 Å². The second-order valence-electron chi connectivity index (χ2n) is 5.07. The van der Waals surface area contributed by atoms with Crippen LogP contribution in [0.1, 0.15) is 17.0 Å². The van der Waals surface area contributed by atoms with Gasteiger partial charge in [-0.1, -0.05) is 42.5 Å². The molecule has 2 rings (SSSR count). The lowest BCUT2D eigenvalue weighted by atomic mass is 9.99. The summed E-state index contributed by atoms with van der Waals surface area (Å²) in [5.41, 5.74) is 13.0. The summed E-state index contributed by atoms with van der Waals surface area (Å²) in [7, 11) is 0.